The molecule has 122 valence electrons. The van der Waals surface area contributed by atoms with Crippen LogP contribution < -0.4 is 0 Å². The third-order valence-corrected chi connectivity index (χ3v) is 2.84. The summed E-state index contributed by atoms with van der Waals surface area (Å²) in [5, 5.41) is 0. The van der Waals surface area contributed by atoms with E-state index in [4.69, 9.17) is 9.47 Å². The maximum absolute atomic E-state index is 12.7. The van der Waals surface area contributed by atoms with E-state index < -0.39 is 23.7 Å². The number of esters is 2. The topological polar surface area (TPSA) is 52.6 Å². The SMILES string of the molecule is CCOC(=O)CCc1ccc(C(F)(F)F)cc1C(=O)OCC. The van der Waals surface area contributed by atoms with Gasteiger partial charge in [-0.2, -0.15) is 13.2 Å². The van der Waals surface area contributed by atoms with Crippen molar-refractivity contribution in [2.24, 2.45) is 0 Å². The Labute approximate surface area is 126 Å². The molecular weight excluding hydrogens is 301 g/mol. The minimum atomic E-state index is -4.55. The Morgan fingerprint density at radius 1 is 1.09 bits per heavy atom. The zero-order valence-corrected chi connectivity index (χ0v) is 12.3. The lowest BCUT2D eigenvalue weighted by Gasteiger charge is -2.12. The Bertz CT molecular complexity index is 538. The van der Waals surface area contributed by atoms with E-state index in [-0.39, 0.29) is 31.6 Å². The number of hydrogen-bond acceptors (Lipinski definition) is 4. The molecule has 0 saturated heterocycles. The van der Waals surface area contributed by atoms with Crippen molar-refractivity contribution in [3.8, 4) is 0 Å². The first-order valence-electron chi connectivity index (χ1n) is 6.82. The second kappa shape index (κ2) is 7.82. The summed E-state index contributed by atoms with van der Waals surface area (Å²) < 4.78 is 47.7. The Morgan fingerprint density at radius 2 is 1.73 bits per heavy atom. The van der Waals surface area contributed by atoms with E-state index in [9.17, 15) is 22.8 Å². The molecule has 7 heteroatoms. The summed E-state index contributed by atoms with van der Waals surface area (Å²) in [6.45, 7) is 3.48. The van der Waals surface area contributed by atoms with Gasteiger partial charge in [-0.3, -0.25) is 4.79 Å². The molecule has 0 saturated carbocycles. The Morgan fingerprint density at radius 3 is 2.27 bits per heavy atom. The molecule has 0 radical (unpaired) electrons. The van der Waals surface area contributed by atoms with Gasteiger partial charge in [-0.25, -0.2) is 4.79 Å². The highest BCUT2D eigenvalue weighted by Gasteiger charge is 2.32. The lowest BCUT2D eigenvalue weighted by molar-refractivity contribution is -0.143. The molecule has 4 nitrogen and oxygen atoms in total. The van der Waals surface area contributed by atoms with Gasteiger partial charge in [-0.1, -0.05) is 6.07 Å². The second-order valence-corrected chi connectivity index (χ2v) is 4.40. The van der Waals surface area contributed by atoms with Crippen LogP contribution in [0.4, 0.5) is 13.2 Å². The van der Waals surface area contributed by atoms with Crippen molar-refractivity contribution < 1.29 is 32.2 Å². The highest BCUT2D eigenvalue weighted by Crippen LogP contribution is 2.31. The normalized spacial score (nSPS) is 11.1. The Kier molecular flexibility index (Phi) is 6.39. The fourth-order valence-electron chi connectivity index (χ4n) is 1.84. The van der Waals surface area contributed by atoms with Crippen LogP contribution in [-0.2, 0) is 26.9 Å². The molecule has 0 heterocycles. The van der Waals surface area contributed by atoms with E-state index in [2.05, 4.69) is 0 Å². The van der Waals surface area contributed by atoms with Crippen molar-refractivity contribution in [1.82, 2.24) is 0 Å². The van der Waals surface area contributed by atoms with Crippen LogP contribution in [0.25, 0.3) is 0 Å². The van der Waals surface area contributed by atoms with Crippen LogP contribution in [0.3, 0.4) is 0 Å². The van der Waals surface area contributed by atoms with Crippen LogP contribution in [0.5, 0.6) is 0 Å². The molecule has 0 aromatic heterocycles. The first kappa shape index (κ1) is 18.0. The standard InChI is InChI=1S/C15H17F3O4/c1-3-21-13(19)8-6-10-5-7-11(15(16,17)18)9-12(10)14(20)22-4-2/h5,7,9H,3-4,6,8H2,1-2H3. The van der Waals surface area contributed by atoms with Crippen LogP contribution in [-0.4, -0.2) is 25.2 Å². The summed E-state index contributed by atoms with van der Waals surface area (Å²) in [5.41, 5.74) is -0.795. The minimum Gasteiger partial charge on any atom is -0.466 e. The summed E-state index contributed by atoms with van der Waals surface area (Å²) in [6.07, 6.45) is -4.47. The lowest BCUT2D eigenvalue weighted by atomic mass is 9.99. The van der Waals surface area contributed by atoms with Gasteiger partial charge in [0.15, 0.2) is 0 Å². The molecule has 0 bridgehead atoms. The van der Waals surface area contributed by atoms with Gasteiger partial charge >= 0.3 is 18.1 Å². The highest BCUT2D eigenvalue weighted by molar-refractivity contribution is 5.91. The summed E-state index contributed by atoms with van der Waals surface area (Å²) >= 11 is 0. The predicted octanol–water partition coefficient (Wildman–Crippen LogP) is 3.38. The Hall–Kier alpha value is -2.05. The maximum Gasteiger partial charge on any atom is 0.416 e. The van der Waals surface area contributed by atoms with Crippen molar-refractivity contribution in [3.63, 3.8) is 0 Å². The van der Waals surface area contributed by atoms with Crippen molar-refractivity contribution >= 4 is 11.9 Å². The predicted molar refractivity (Wildman–Crippen MR) is 72.4 cm³/mol. The molecule has 1 aromatic rings. The number of ether oxygens (including phenoxy) is 2. The fraction of sp³-hybridized carbons (Fsp3) is 0.467. The molecule has 0 aliphatic heterocycles. The van der Waals surface area contributed by atoms with Crippen LogP contribution in [0.15, 0.2) is 18.2 Å². The zero-order chi connectivity index (χ0) is 16.8. The molecule has 0 spiro atoms. The van der Waals surface area contributed by atoms with E-state index >= 15 is 0 Å². The van der Waals surface area contributed by atoms with Crippen molar-refractivity contribution in [2.45, 2.75) is 32.9 Å². The van der Waals surface area contributed by atoms with E-state index in [1.807, 2.05) is 0 Å². The van der Waals surface area contributed by atoms with Gasteiger partial charge in [0.1, 0.15) is 0 Å². The number of carbonyl (C=O) groups is 2. The van der Waals surface area contributed by atoms with Crippen molar-refractivity contribution in [2.75, 3.05) is 13.2 Å². The first-order valence-corrected chi connectivity index (χ1v) is 6.82. The summed E-state index contributed by atoms with van der Waals surface area (Å²) in [6, 6.07) is 2.82. The number of carbonyl (C=O) groups excluding carboxylic acids is 2. The minimum absolute atomic E-state index is 0.0222. The lowest BCUT2D eigenvalue weighted by Crippen LogP contribution is -2.13. The van der Waals surface area contributed by atoms with Gasteiger partial charge in [0.2, 0.25) is 0 Å². The highest BCUT2D eigenvalue weighted by atomic mass is 19.4. The molecule has 0 aliphatic carbocycles. The van der Waals surface area contributed by atoms with Crippen LogP contribution >= 0.6 is 0 Å². The smallest absolute Gasteiger partial charge is 0.416 e. The van der Waals surface area contributed by atoms with Gasteiger partial charge in [0.25, 0.3) is 0 Å². The van der Waals surface area contributed by atoms with Crippen LogP contribution in [0, 0.1) is 0 Å². The molecular formula is C15H17F3O4. The quantitative estimate of drug-likeness (QED) is 0.755. The molecule has 1 rings (SSSR count). The fourth-order valence-corrected chi connectivity index (χ4v) is 1.84. The van der Waals surface area contributed by atoms with Crippen LogP contribution in [0.2, 0.25) is 0 Å². The largest absolute Gasteiger partial charge is 0.466 e. The van der Waals surface area contributed by atoms with Gasteiger partial charge in [-0.05, 0) is 38.0 Å². The molecule has 0 unspecified atom stereocenters. The third-order valence-electron chi connectivity index (χ3n) is 2.84. The number of rotatable bonds is 6. The monoisotopic (exact) mass is 318 g/mol. The molecule has 1 aromatic carbocycles. The summed E-state index contributed by atoms with van der Waals surface area (Å²) in [4.78, 5) is 23.1. The number of hydrogen-bond donors (Lipinski definition) is 0. The average Bonchev–Trinajstić information content (AvgIpc) is 2.44. The van der Waals surface area contributed by atoms with Crippen molar-refractivity contribution in [3.05, 3.63) is 34.9 Å². The summed E-state index contributed by atoms with van der Waals surface area (Å²) in [7, 11) is 0. The second-order valence-electron chi connectivity index (χ2n) is 4.40. The van der Waals surface area contributed by atoms with E-state index in [1.54, 1.807) is 13.8 Å². The van der Waals surface area contributed by atoms with Gasteiger partial charge in [-0.15, -0.1) is 0 Å². The number of benzene rings is 1. The van der Waals surface area contributed by atoms with Crippen molar-refractivity contribution in [1.29, 1.82) is 0 Å². The molecule has 0 atom stereocenters. The van der Waals surface area contributed by atoms with E-state index in [1.165, 1.54) is 6.07 Å². The molecule has 0 N–H and O–H groups in total. The van der Waals surface area contributed by atoms with E-state index in [0.717, 1.165) is 12.1 Å². The van der Waals surface area contributed by atoms with Gasteiger partial charge in [0, 0.05) is 6.42 Å². The first-order chi connectivity index (χ1) is 10.3. The zero-order valence-electron chi connectivity index (χ0n) is 12.3. The summed E-state index contributed by atoms with van der Waals surface area (Å²) in [5.74, 6) is -1.32. The average molecular weight is 318 g/mol. The Balaban J connectivity index is 3.04. The van der Waals surface area contributed by atoms with Gasteiger partial charge < -0.3 is 9.47 Å². The van der Waals surface area contributed by atoms with Crippen LogP contribution in [0.1, 0.15) is 41.8 Å². The molecule has 0 fully saturated rings. The number of aryl methyl sites for hydroxylation is 1. The molecule has 0 amide bonds. The number of halogens is 3. The molecule has 22 heavy (non-hydrogen) atoms. The molecule has 0 aliphatic rings. The van der Waals surface area contributed by atoms with Gasteiger partial charge in [0.05, 0.1) is 24.3 Å². The number of alkyl halides is 3. The maximum atomic E-state index is 12.7. The third kappa shape index (κ3) is 5.05. The van der Waals surface area contributed by atoms with E-state index in [0.29, 0.717) is 5.56 Å².